The molecule has 1 aromatic carbocycles. The number of nitrogens with zero attached hydrogens (tertiary/aromatic N) is 3. The number of rotatable bonds is 4. The van der Waals surface area contributed by atoms with Crippen LogP contribution in [0.5, 0.6) is 0 Å². The van der Waals surface area contributed by atoms with Crippen LogP contribution in [0.15, 0.2) is 42.7 Å². The van der Waals surface area contributed by atoms with Gasteiger partial charge in [0.2, 0.25) is 5.91 Å². The summed E-state index contributed by atoms with van der Waals surface area (Å²) in [5, 5.41) is 5.85. The molecule has 0 atom stereocenters. The van der Waals surface area contributed by atoms with Crippen molar-refractivity contribution in [3.63, 3.8) is 0 Å². The fourth-order valence-electron chi connectivity index (χ4n) is 3.04. The number of nitrogens with one attached hydrogen (secondary N) is 2. The van der Waals surface area contributed by atoms with E-state index in [-0.39, 0.29) is 17.9 Å². The van der Waals surface area contributed by atoms with Crippen LogP contribution in [0.2, 0.25) is 0 Å². The van der Waals surface area contributed by atoms with Crippen molar-refractivity contribution < 1.29 is 9.59 Å². The van der Waals surface area contributed by atoms with Crippen molar-refractivity contribution in [1.82, 2.24) is 9.88 Å². The van der Waals surface area contributed by atoms with Crippen LogP contribution in [0.4, 0.5) is 21.9 Å². The third-order valence-corrected chi connectivity index (χ3v) is 4.87. The second-order valence-electron chi connectivity index (χ2n) is 7.28. The number of urea groups is 1. The van der Waals surface area contributed by atoms with E-state index in [0.29, 0.717) is 24.5 Å². The molecule has 1 fully saturated rings. The van der Waals surface area contributed by atoms with Crippen LogP contribution in [0.1, 0.15) is 19.4 Å². The number of amides is 3. The third-order valence-electron chi connectivity index (χ3n) is 4.87. The van der Waals surface area contributed by atoms with Crippen LogP contribution in [0.25, 0.3) is 0 Å². The standard InChI is InChI=1S/C21H27N5O2/c1-15(2)20(27)23-17-5-4-16(3)19(14-17)24-21(28)26-12-10-25(11-13-26)18-6-8-22-9-7-18/h4-9,14-15H,10-13H2,1-3H3,(H,23,27)(H,24,28). The minimum Gasteiger partial charge on any atom is -0.368 e. The number of pyridine rings is 1. The number of hydrogen-bond donors (Lipinski definition) is 2. The van der Waals surface area contributed by atoms with E-state index in [0.717, 1.165) is 24.3 Å². The normalized spacial score (nSPS) is 14.1. The Kier molecular flexibility index (Phi) is 6.13. The first kappa shape index (κ1) is 19.7. The smallest absolute Gasteiger partial charge is 0.321 e. The van der Waals surface area contributed by atoms with Crippen molar-refractivity contribution in [2.24, 2.45) is 5.92 Å². The molecule has 2 aromatic rings. The highest BCUT2D eigenvalue weighted by Crippen LogP contribution is 2.22. The van der Waals surface area contributed by atoms with E-state index in [1.165, 1.54) is 0 Å². The van der Waals surface area contributed by atoms with E-state index < -0.39 is 0 Å². The molecule has 7 heteroatoms. The van der Waals surface area contributed by atoms with Gasteiger partial charge in [0.1, 0.15) is 0 Å². The van der Waals surface area contributed by atoms with E-state index in [2.05, 4.69) is 20.5 Å². The first-order valence-corrected chi connectivity index (χ1v) is 9.56. The molecule has 3 amide bonds. The number of carbonyl (C=O) groups is 2. The molecule has 1 saturated heterocycles. The van der Waals surface area contributed by atoms with E-state index in [9.17, 15) is 9.59 Å². The van der Waals surface area contributed by atoms with Gasteiger partial charge < -0.3 is 20.4 Å². The van der Waals surface area contributed by atoms with E-state index in [4.69, 9.17) is 0 Å². The Bertz CT molecular complexity index is 830. The Morgan fingerprint density at radius 2 is 1.68 bits per heavy atom. The summed E-state index contributed by atoms with van der Waals surface area (Å²) < 4.78 is 0. The molecule has 7 nitrogen and oxygen atoms in total. The summed E-state index contributed by atoms with van der Waals surface area (Å²) in [5.41, 5.74) is 3.47. The quantitative estimate of drug-likeness (QED) is 0.852. The Morgan fingerprint density at radius 3 is 2.32 bits per heavy atom. The number of aromatic nitrogens is 1. The van der Waals surface area contributed by atoms with E-state index in [1.54, 1.807) is 18.5 Å². The topological polar surface area (TPSA) is 77.6 Å². The predicted molar refractivity (Wildman–Crippen MR) is 112 cm³/mol. The molecule has 1 aliphatic rings. The summed E-state index contributed by atoms with van der Waals surface area (Å²) in [7, 11) is 0. The van der Waals surface area contributed by atoms with Gasteiger partial charge in [0.15, 0.2) is 0 Å². The van der Waals surface area contributed by atoms with Crippen molar-refractivity contribution in [2.45, 2.75) is 20.8 Å². The highest BCUT2D eigenvalue weighted by molar-refractivity contribution is 5.95. The van der Waals surface area contributed by atoms with Crippen molar-refractivity contribution >= 4 is 29.0 Å². The molecule has 148 valence electrons. The summed E-state index contributed by atoms with van der Waals surface area (Å²) in [6, 6.07) is 9.39. The van der Waals surface area contributed by atoms with Gasteiger partial charge >= 0.3 is 6.03 Å². The Hall–Kier alpha value is -3.09. The molecule has 0 bridgehead atoms. The minimum absolute atomic E-state index is 0.0478. The molecule has 2 N–H and O–H groups in total. The summed E-state index contributed by atoms with van der Waals surface area (Å²) in [6.45, 7) is 8.48. The van der Waals surface area contributed by atoms with Crippen molar-refractivity contribution in [2.75, 3.05) is 41.7 Å². The molecule has 0 unspecified atom stereocenters. The molecule has 1 aromatic heterocycles. The first-order chi connectivity index (χ1) is 13.4. The Labute approximate surface area is 165 Å². The van der Waals surface area contributed by atoms with Crippen LogP contribution in [-0.4, -0.2) is 48.0 Å². The lowest BCUT2D eigenvalue weighted by Crippen LogP contribution is -2.50. The number of aryl methyl sites for hydroxylation is 1. The number of benzene rings is 1. The average Bonchev–Trinajstić information content (AvgIpc) is 2.71. The fourth-order valence-corrected chi connectivity index (χ4v) is 3.04. The molecule has 0 radical (unpaired) electrons. The SMILES string of the molecule is Cc1ccc(NC(=O)C(C)C)cc1NC(=O)N1CCN(c2ccncc2)CC1. The van der Waals surface area contributed by atoms with Crippen molar-refractivity contribution in [1.29, 1.82) is 0 Å². The first-order valence-electron chi connectivity index (χ1n) is 9.56. The van der Waals surface area contributed by atoms with Gasteiger partial charge in [-0.1, -0.05) is 19.9 Å². The third kappa shape index (κ3) is 4.79. The van der Waals surface area contributed by atoms with Crippen molar-refractivity contribution in [3.05, 3.63) is 48.3 Å². The van der Waals surface area contributed by atoms with Gasteiger partial charge in [-0.3, -0.25) is 9.78 Å². The summed E-state index contributed by atoms with van der Waals surface area (Å²) in [5.74, 6) is -0.149. The van der Waals surface area contributed by atoms with Gasteiger partial charge in [-0.05, 0) is 36.8 Å². The molecular formula is C21H27N5O2. The second-order valence-corrected chi connectivity index (χ2v) is 7.28. The molecule has 1 aliphatic heterocycles. The highest BCUT2D eigenvalue weighted by Gasteiger charge is 2.22. The van der Waals surface area contributed by atoms with Gasteiger partial charge in [-0.25, -0.2) is 4.79 Å². The summed E-state index contributed by atoms with van der Waals surface area (Å²) in [6.07, 6.45) is 3.56. The number of piperazine rings is 1. The number of anilines is 3. The zero-order valence-corrected chi connectivity index (χ0v) is 16.6. The zero-order chi connectivity index (χ0) is 20.1. The monoisotopic (exact) mass is 381 g/mol. The Morgan fingerprint density at radius 1 is 1.00 bits per heavy atom. The maximum Gasteiger partial charge on any atom is 0.321 e. The Balaban J connectivity index is 1.60. The molecule has 2 heterocycles. The van der Waals surface area contributed by atoms with Gasteiger partial charge in [0, 0.05) is 61.6 Å². The van der Waals surface area contributed by atoms with Crippen LogP contribution in [0.3, 0.4) is 0 Å². The lowest BCUT2D eigenvalue weighted by molar-refractivity contribution is -0.118. The summed E-state index contributed by atoms with van der Waals surface area (Å²) >= 11 is 0. The minimum atomic E-state index is -0.121. The summed E-state index contributed by atoms with van der Waals surface area (Å²) in [4.78, 5) is 32.7. The lowest BCUT2D eigenvalue weighted by atomic mass is 10.1. The van der Waals surface area contributed by atoms with Gasteiger partial charge in [0.25, 0.3) is 0 Å². The van der Waals surface area contributed by atoms with Crippen LogP contribution >= 0.6 is 0 Å². The van der Waals surface area contributed by atoms with Gasteiger partial charge in [0.05, 0.1) is 0 Å². The van der Waals surface area contributed by atoms with Crippen LogP contribution in [-0.2, 0) is 4.79 Å². The fraction of sp³-hybridized carbons (Fsp3) is 0.381. The predicted octanol–water partition coefficient (Wildman–Crippen LogP) is 3.34. The molecule has 3 rings (SSSR count). The molecule has 0 saturated carbocycles. The maximum atomic E-state index is 12.7. The van der Waals surface area contributed by atoms with Crippen LogP contribution in [0, 0.1) is 12.8 Å². The second kappa shape index (κ2) is 8.73. The van der Waals surface area contributed by atoms with Gasteiger partial charge in [-0.15, -0.1) is 0 Å². The molecule has 0 spiro atoms. The van der Waals surface area contributed by atoms with Crippen LogP contribution < -0.4 is 15.5 Å². The molecular weight excluding hydrogens is 354 g/mol. The maximum absolute atomic E-state index is 12.7. The average molecular weight is 381 g/mol. The highest BCUT2D eigenvalue weighted by atomic mass is 16.2. The molecule has 28 heavy (non-hydrogen) atoms. The van der Waals surface area contributed by atoms with Gasteiger partial charge in [-0.2, -0.15) is 0 Å². The largest absolute Gasteiger partial charge is 0.368 e. The zero-order valence-electron chi connectivity index (χ0n) is 16.6. The molecule has 0 aliphatic carbocycles. The van der Waals surface area contributed by atoms with E-state index in [1.807, 2.05) is 49.9 Å². The number of carbonyl (C=O) groups excluding carboxylic acids is 2. The van der Waals surface area contributed by atoms with Crippen molar-refractivity contribution in [3.8, 4) is 0 Å². The lowest BCUT2D eigenvalue weighted by Gasteiger charge is -2.36. The number of hydrogen-bond acceptors (Lipinski definition) is 4. The van der Waals surface area contributed by atoms with E-state index >= 15 is 0 Å².